The summed E-state index contributed by atoms with van der Waals surface area (Å²) in [6, 6.07) is 0. The quantitative estimate of drug-likeness (QED) is 0.847. The SMILES string of the molecule is Cn1ncc(NC(=O)OC(C)(C)C)c1/C=C/B1OC(C)(C)C(C)(C)O1. The molecule has 138 valence electrons. The number of aromatic nitrogens is 2. The molecule has 1 saturated heterocycles. The molecule has 2 rings (SSSR count). The Kier molecular flexibility index (Phi) is 5.07. The van der Waals surface area contributed by atoms with Gasteiger partial charge in [0.1, 0.15) is 5.60 Å². The van der Waals surface area contributed by atoms with Crippen molar-refractivity contribution in [2.24, 2.45) is 7.05 Å². The Balaban J connectivity index is 2.11. The first-order valence-corrected chi connectivity index (χ1v) is 8.37. The van der Waals surface area contributed by atoms with Crippen LogP contribution in [0.4, 0.5) is 10.5 Å². The fourth-order valence-corrected chi connectivity index (χ4v) is 2.29. The highest BCUT2D eigenvalue weighted by molar-refractivity contribution is 6.52. The summed E-state index contributed by atoms with van der Waals surface area (Å²) in [7, 11) is 1.33. The minimum atomic E-state index is -0.564. The van der Waals surface area contributed by atoms with Crippen molar-refractivity contribution in [3.05, 3.63) is 17.9 Å². The minimum Gasteiger partial charge on any atom is -0.444 e. The van der Waals surface area contributed by atoms with E-state index in [2.05, 4.69) is 10.4 Å². The van der Waals surface area contributed by atoms with Gasteiger partial charge in [-0.25, -0.2) is 4.79 Å². The predicted molar refractivity (Wildman–Crippen MR) is 98.2 cm³/mol. The summed E-state index contributed by atoms with van der Waals surface area (Å²) in [6.07, 6.45) is 2.88. The maximum absolute atomic E-state index is 12.0. The maximum atomic E-state index is 12.0. The molecule has 0 unspecified atom stereocenters. The molecule has 0 aliphatic carbocycles. The molecule has 1 aromatic rings. The zero-order valence-electron chi connectivity index (χ0n) is 16.3. The van der Waals surface area contributed by atoms with E-state index in [0.29, 0.717) is 5.69 Å². The van der Waals surface area contributed by atoms with Gasteiger partial charge in [0, 0.05) is 7.05 Å². The summed E-state index contributed by atoms with van der Waals surface area (Å²) in [4.78, 5) is 12.0. The van der Waals surface area contributed by atoms with Crippen LogP contribution in [0.2, 0.25) is 0 Å². The maximum Gasteiger partial charge on any atom is 0.487 e. The number of nitrogens with one attached hydrogen (secondary N) is 1. The average molecular weight is 349 g/mol. The molecule has 25 heavy (non-hydrogen) atoms. The number of nitrogens with zero attached hydrogens (tertiary/aromatic N) is 2. The number of carbonyl (C=O) groups excluding carboxylic acids is 1. The lowest BCUT2D eigenvalue weighted by Crippen LogP contribution is -2.41. The van der Waals surface area contributed by atoms with E-state index in [9.17, 15) is 4.79 Å². The number of hydrogen-bond donors (Lipinski definition) is 1. The molecule has 7 nitrogen and oxygen atoms in total. The van der Waals surface area contributed by atoms with Crippen molar-refractivity contribution >= 4 is 25.0 Å². The van der Waals surface area contributed by atoms with Crippen LogP contribution in [0.5, 0.6) is 0 Å². The van der Waals surface area contributed by atoms with Crippen molar-refractivity contribution in [3.63, 3.8) is 0 Å². The summed E-state index contributed by atoms with van der Waals surface area (Å²) in [6.45, 7) is 13.4. The Morgan fingerprint density at radius 1 is 1.28 bits per heavy atom. The van der Waals surface area contributed by atoms with E-state index in [0.717, 1.165) is 5.69 Å². The molecule has 0 saturated carbocycles. The highest BCUT2D eigenvalue weighted by Crippen LogP contribution is 2.37. The lowest BCUT2D eigenvalue weighted by atomic mass is 9.89. The third-order valence-corrected chi connectivity index (χ3v) is 4.30. The monoisotopic (exact) mass is 349 g/mol. The molecule has 1 N–H and O–H groups in total. The van der Waals surface area contributed by atoms with Crippen LogP contribution >= 0.6 is 0 Å². The zero-order chi connectivity index (χ0) is 19.0. The van der Waals surface area contributed by atoms with E-state index in [1.807, 2.05) is 60.5 Å². The fourth-order valence-electron chi connectivity index (χ4n) is 2.29. The highest BCUT2D eigenvalue weighted by Gasteiger charge is 2.50. The highest BCUT2D eigenvalue weighted by atomic mass is 16.7. The third kappa shape index (κ3) is 4.64. The van der Waals surface area contributed by atoms with Crippen molar-refractivity contribution in [1.82, 2.24) is 9.78 Å². The van der Waals surface area contributed by atoms with Crippen LogP contribution in [-0.2, 0) is 21.1 Å². The lowest BCUT2D eigenvalue weighted by Gasteiger charge is -2.32. The average Bonchev–Trinajstić information content (AvgIpc) is 2.82. The van der Waals surface area contributed by atoms with E-state index in [1.54, 1.807) is 17.9 Å². The van der Waals surface area contributed by atoms with E-state index in [4.69, 9.17) is 14.0 Å². The number of aryl methyl sites for hydroxylation is 1. The summed E-state index contributed by atoms with van der Waals surface area (Å²) < 4.78 is 18.8. The third-order valence-electron chi connectivity index (χ3n) is 4.30. The van der Waals surface area contributed by atoms with Crippen LogP contribution in [-0.4, -0.2) is 39.8 Å². The molecule has 0 aromatic carbocycles. The minimum absolute atomic E-state index is 0.397. The molecule has 8 heteroatoms. The van der Waals surface area contributed by atoms with Gasteiger partial charge in [-0.2, -0.15) is 5.10 Å². The first-order chi connectivity index (χ1) is 11.3. The van der Waals surface area contributed by atoms with Gasteiger partial charge in [-0.3, -0.25) is 10.00 Å². The molecule has 0 radical (unpaired) electrons. The number of amides is 1. The Hall–Kier alpha value is -1.80. The Morgan fingerprint density at radius 3 is 2.36 bits per heavy atom. The molecule has 2 heterocycles. The van der Waals surface area contributed by atoms with Gasteiger partial charge in [0.25, 0.3) is 0 Å². The first-order valence-electron chi connectivity index (χ1n) is 8.37. The largest absolute Gasteiger partial charge is 0.487 e. The Bertz CT molecular complexity index is 658. The van der Waals surface area contributed by atoms with Gasteiger partial charge in [0.2, 0.25) is 0 Å². The molecule has 1 amide bonds. The number of anilines is 1. The van der Waals surface area contributed by atoms with Crippen molar-refractivity contribution < 1.29 is 18.8 Å². The molecule has 1 fully saturated rings. The topological polar surface area (TPSA) is 74.6 Å². The Morgan fingerprint density at radius 2 is 1.84 bits per heavy atom. The number of ether oxygens (including phenoxy) is 1. The second kappa shape index (κ2) is 6.50. The van der Waals surface area contributed by atoms with Crippen LogP contribution < -0.4 is 5.32 Å². The van der Waals surface area contributed by atoms with Gasteiger partial charge < -0.3 is 14.0 Å². The van der Waals surface area contributed by atoms with Gasteiger partial charge in [0.15, 0.2) is 0 Å². The number of carbonyl (C=O) groups is 1. The molecule has 1 aromatic heterocycles. The van der Waals surface area contributed by atoms with Crippen molar-refractivity contribution in [2.75, 3.05) is 5.32 Å². The number of hydrogen-bond acceptors (Lipinski definition) is 5. The molecule has 0 bridgehead atoms. The van der Waals surface area contributed by atoms with Gasteiger partial charge in [0.05, 0.1) is 28.8 Å². The van der Waals surface area contributed by atoms with E-state index < -0.39 is 30.0 Å². The smallest absolute Gasteiger partial charge is 0.444 e. The fraction of sp³-hybridized carbons (Fsp3) is 0.647. The summed E-state index contributed by atoms with van der Waals surface area (Å²) in [5.41, 5.74) is -0.0755. The second-order valence-electron chi connectivity index (χ2n) is 8.18. The molecular weight excluding hydrogens is 321 g/mol. The van der Waals surface area contributed by atoms with Crippen molar-refractivity contribution in [3.8, 4) is 0 Å². The summed E-state index contributed by atoms with van der Waals surface area (Å²) >= 11 is 0. The zero-order valence-corrected chi connectivity index (χ0v) is 16.3. The lowest BCUT2D eigenvalue weighted by molar-refractivity contribution is 0.00578. The molecule has 1 aliphatic heterocycles. The second-order valence-corrected chi connectivity index (χ2v) is 8.18. The van der Waals surface area contributed by atoms with E-state index in [-0.39, 0.29) is 0 Å². The van der Waals surface area contributed by atoms with E-state index in [1.165, 1.54) is 0 Å². The molecule has 0 atom stereocenters. The molecular formula is C17H28BN3O4. The summed E-state index contributed by atoms with van der Waals surface area (Å²) in [5.74, 6) is 1.81. The summed E-state index contributed by atoms with van der Waals surface area (Å²) in [5, 5.41) is 6.90. The normalized spacial score (nSPS) is 19.4. The van der Waals surface area contributed by atoms with Gasteiger partial charge in [-0.05, 0) is 54.5 Å². The van der Waals surface area contributed by atoms with Gasteiger partial charge in [-0.1, -0.05) is 5.98 Å². The molecule has 1 aliphatic rings. The van der Waals surface area contributed by atoms with Gasteiger partial charge >= 0.3 is 13.2 Å². The first kappa shape index (κ1) is 19.5. The standard InChI is InChI=1S/C17H28BN3O4/c1-15(2,3)23-14(22)20-12-11-19-21(8)13(12)9-10-18-24-16(4,5)17(6,7)25-18/h9-11H,1-8H3,(H,20,22)/b10-9+. The van der Waals surface area contributed by atoms with Gasteiger partial charge in [-0.15, -0.1) is 0 Å². The van der Waals surface area contributed by atoms with Crippen LogP contribution in [0.1, 0.15) is 54.2 Å². The van der Waals surface area contributed by atoms with Crippen LogP contribution in [0.15, 0.2) is 12.2 Å². The van der Waals surface area contributed by atoms with Crippen LogP contribution in [0, 0.1) is 0 Å². The number of rotatable bonds is 3. The van der Waals surface area contributed by atoms with Crippen LogP contribution in [0.25, 0.3) is 6.08 Å². The molecule has 0 spiro atoms. The van der Waals surface area contributed by atoms with Crippen LogP contribution in [0.3, 0.4) is 0 Å². The van der Waals surface area contributed by atoms with E-state index >= 15 is 0 Å². The van der Waals surface area contributed by atoms with Crippen molar-refractivity contribution in [2.45, 2.75) is 65.3 Å². The Labute approximate surface area is 149 Å². The van der Waals surface area contributed by atoms with Crippen molar-refractivity contribution in [1.29, 1.82) is 0 Å². The predicted octanol–water partition coefficient (Wildman–Crippen LogP) is 3.41.